The molecule has 0 bridgehead atoms. The number of aldehydes is 1. The van der Waals surface area contributed by atoms with Crippen molar-refractivity contribution in [3.05, 3.63) is 65.9 Å². The minimum atomic E-state index is -4.44. The number of sulfonamides is 1. The molecule has 1 atom stereocenters. The first-order chi connectivity index (χ1) is 18.1. The zero-order valence-corrected chi connectivity index (χ0v) is 20.8. The Morgan fingerprint density at radius 3 is 2.55 bits per heavy atom. The van der Waals surface area contributed by atoms with Gasteiger partial charge in [0.25, 0.3) is 5.91 Å². The Hall–Kier alpha value is -4.36. The lowest BCUT2D eigenvalue weighted by atomic mass is 10.1. The molecule has 0 unspecified atom stereocenters. The third kappa shape index (κ3) is 7.57. The quantitative estimate of drug-likeness (QED) is 0.216. The number of aromatic nitrogens is 1. The molecule has 1 aromatic heterocycles. The van der Waals surface area contributed by atoms with Gasteiger partial charge in [-0.1, -0.05) is 18.2 Å². The van der Waals surface area contributed by atoms with Crippen LogP contribution in [0, 0.1) is 0 Å². The van der Waals surface area contributed by atoms with Gasteiger partial charge in [-0.3, -0.25) is 19.4 Å². The van der Waals surface area contributed by atoms with Crippen LogP contribution in [0.4, 0.5) is 0 Å². The summed E-state index contributed by atoms with van der Waals surface area (Å²) in [5, 5.41) is 21.0. The van der Waals surface area contributed by atoms with Crippen LogP contribution in [0.5, 0.6) is 5.75 Å². The van der Waals surface area contributed by atoms with Gasteiger partial charge in [-0.05, 0) is 35.9 Å². The Morgan fingerprint density at radius 2 is 1.84 bits per heavy atom. The van der Waals surface area contributed by atoms with Crippen molar-refractivity contribution >= 4 is 45.1 Å². The van der Waals surface area contributed by atoms with Crippen LogP contribution < -0.4 is 14.8 Å². The Labute approximate surface area is 217 Å². The molecule has 4 N–H and O–H groups in total. The highest BCUT2D eigenvalue weighted by molar-refractivity contribution is 7.89. The fourth-order valence-electron chi connectivity index (χ4n) is 3.59. The number of carbonyl (C=O) groups is 4. The first kappa shape index (κ1) is 28.2. The van der Waals surface area contributed by atoms with Gasteiger partial charge in [0, 0.05) is 30.1 Å². The Bertz CT molecular complexity index is 1450. The van der Waals surface area contributed by atoms with E-state index in [0.29, 0.717) is 6.42 Å². The molecule has 3 aromatic rings. The maximum absolute atomic E-state index is 13.0. The van der Waals surface area contributed by atoms with Gasteiger partial charge in [-0.25, -0.2) is 13.1 Å². The highest BCUT2D eigenvalue weighted by atomic mass is 32.2. The van der Waals surface area contributed by atoms with Gasteiger partial charge < -0.3 is 25.1 Å². The zero-order valence-electron chi connectivity index (χ0n) is 20.0. The van der Waals surface area contributed by atoms with Gasteiger partial charge in [0.2, 0.25) is 10.0 Å². The van der Waals surface area contributed by atoms with Crippen molar-refractivity contribution in [2.24, 2.45) is 0 Å². The summed E-state index contributed by atoms with van der Waals surface area (Å²) in [5.41, 5.74) is 1.68. The number of aliphatic carboxylic acids is 2. The molecule has 0 spiro atoms. The molecule has 1 amide bonds. The molecular formula is C25H25N3O9S. The average molecular weight is 544 g/mol. The molecule has 0 radical (unpaired) electrons. The largest absolute Gasteiger partial charge is 0.492 e. The third-order valence-electron chi connectivity index (χ3n) is 5.35. The molecule has 0 fully saturated rings. The zero-order chi connectivity index (χ0) is 27.7. The number of hydrogen-bond donors (Lipinski definition) is 4. The molecule has 2 aromatic carbocycles. The average Bonchev–Trinajstić information content (AvgIpc) is 2.87. The number of ether oxygens (including phenoxy) is 1. The summed E-state index contributed by atoms with van der Waals surface area (Å²) in [4.78, 5) is 49.3. The van der Waals surface area contributed by atoms with Crippen molar-refractivity contribution in [1.82, 2.24) is 15.0 Å². The number of nitrogens with one attached hydrogen (secondary N) is 2. The Balaban J connectivity index is 1.87. The number of benzene rings is 2. The maximum Gasteiger partial charge on any atom is 0.305 e. The number of pyridine rings is 1. The summed E-state index contributed by atoms with van der Waals surface area (Å²) in [7, 11) is -4.44. The van der Waals surface area contributed by atoms with Gasteiger partial charge in [0.1, 0.15) is 16.9 Å². The van der Waals surface area contributed by atoms with Crippen LogP contribution >= 0.6 is 0 Å². The van der Waals surface area contributed by atoms with E-state index in [1.54, 1.807) is 12.3 Å². The molecule has 0 aliphatic carbocycles. The molecule has 38 heavy (non-hydrogen) atoms. The molecule has 0 saturated carbocycles. The van der Waals surface area contributed by atoms with E-state index in [9.17, 15) is 27.6 Å². The summed E-state index contributed by atoms with van der Waals surface area (Å²) in [5.74, 6) is -3.33. The molecule has 3 rings (SSSR count). The highest BCUT2D eigenvalue weighted by Gasteiger charge is 2.26. The van der Waals surface area contributed by atoms with Crippen molar-refractivity contribution in [3.63, 3.8) is 0 Å². The van der Waals surface area contributed by atoms with Crippen LogP contribution in [0.2, 0.25) is 0 Å². The lowest BCUT2D eigenvalue weighted by Gasteiger charge is -2.16. The fourth-order valence-corrected chi connectivity index (χ4v) is 4.89. The molecule has 13 heteroatoms. The van der Waals surface area contributed by atoms with Crippen molar-refractivity contribution in [1.29, 1.82) is 0 Å². The van der Waals surface area contributed by atoms with Gasteiger partial charge in [-0.15, -0.1) is 0 Å². The van der Waals surface area contributed by atoms with E-state index >= 15 is 0 Å². The summed E-state index contributed by atoms with van der Waals surface area (Å²) in [6, 6.07) is 11.2. The number of carbonyl (C=O) groups excluding carboxylic acids is 2. The predicted molar refractivity (Wildman–Crippen MR) is 134 cm³/mol. The summed E-state index contributed by atoms with van der Waals surface area (Å²) in [6.07, 6.45) is 1.13. The summed E-state index contributed by atoms with van der Waals surface area (Å²) >= 11 is 0. The van der Waals surface area contributed by atoms with Gasteiger partial charge in [0.05, 0.1) is 31.0 Å². The molecule has 1 heterocycles. The van der Waals surface area contributed by atoms with Gasteiger partial charge in [0.15, 0.2) is 0 Å². The number of fused-ring (bicyclic) bond motifs is 1. The first-order valence-electron chi connectivity index (χ1n) is 11.4. The van der Waals surface area contributed by atoms with Crippen LogP contribution in [0.1, 0.15) is 28.8 Å². The van der Waals surface area contributed by atoms with Crippen LogP contribution in [-0.2, 0) is 30.8 Å². The van der Waals surface area contributed by atoms with E-state index in [1.807, 2.05) is 29.0 Å². The van der Waals surface area contributed by atoms with Crippen LogP contribution in [0.25, 0.3) is 10.9 Å². The lowest BCUT2D eigenvalue weighted by molar-refractivity contribution is -0.138. The lowest BCUT2D eigenvalue weighted by Crippen LogP contribution is -2.37. The van der Waals surface area contributed by atoms with Crippen LogP contribution in [-0.4, -0.2) is 66.9 Å². The normalized spacial score (nSPS) is 12.0. The number of rotatable bonds is 14. The third-order valence-corrected chi connectivity index (χ3v) is 6.88. The van der Waals surface area contributed by atoms with Crippen molar-refractivity contribution < 1.29 is 42.5 Å². The SMILES string of the molecule is O=C[C@H](CC(=O)O)NS(=O)(=O)c1ccc(C(=O)NCCC(=O)O)cc1OCCc1cccc2ncccc12. The molecule has 12 nitrogen and oxygen atoms in total. The van der Waals surface area contributed by atoms with Crippen LogP contribution in [0.3, 0.4) is 0 Å². The number of hydrogen-bond acceptors (Lipinski definition) is 8. The van der Waals surface area contributed by atoms with E-state index in [4.69, 9.17) is 14.9 Å². The molecule has 200 valence electrons. The van der Waals surface area contributed by atoms with Gasteiger partial charge in [-0.2, -0.15) is 0 Å². The maximum atomic E-state index is 13.0. The monoisotopic (exact) mass is 543 g/mol. The highest BCUT2D eigenvalue weighted by Crippen LogP contribution is 2.27. The van der Waals surface area contributed by atoms with Crippen LogP contribution in [0.15, 0.2) is 59.6 Å². The second-order valence-electron chi connectivity index (χ2n) is 8.11. The van der Waals surface area contributed by atoms with E-state index in [0.717, 1.165) is 22.5 Å². The fraction of sp³-hybridized carbons (Fsp3) is 0.240. The minimum absolute atomic E-state index is 0.00679. The first-order valence-corrected chi connectivity index (χ1v) is 12.9. The van der Waals surface area contributed by atoms with Crippen molar-refractivity contribution in [3.8, 4) is 5.75 Å². The summed E-state index contributed by atoms with van der Waals surface area (Å²) in [6.45, 7) is -0.135. The van der Waals surface area contributed by atoms with Crippen molar-refractivity contribution in [2.75, 3.05) is 13.2 Å². The molecular weight excluding hydrogens is 518 g/mol. The smallest absolute Gasteiger partial charge is 0.305 e. The van der Waals surface area contributed by atoms with Crippen molar-refractivity contribution in [2.45, 2.75) is 30.2 Å². The second-order valence-corrected chi connectivity index (χ2v) is 9.79. The molecule has 0 aliphatic rings. The number of nitrogens with zero attached hydrogens (tertiary/aromatic N) is 1. The second kappa shape index (κ2) is 12.7. The van der Waals surface area contributed by atoms with E-state index in [-0.39, 0.29) is 37.2 Å². The van der Waals surface area contributed by atoms with E-state index < -0.39 is 45.2 Å². The predicted octanol–water partition coefficient (Wildman–Crippen LogP) is 1.38. The Morgan fingerprint density at radius 1 is 1.05 bits per heavy atom. The molecule has 0 saturated heterocycles. The summed E-state index contributed by atoms with van der Waals surface area (Å²) < 4.78 is 33.9. The number of carboxylic acids is 2. The standard InChI is InChI=1S/C25H25N3O9S/c29-15-18(14-24(32)33)28-38(35,36)22-7-6-17(25(34)27-11-8-23(30)31)13-21(22)37-12-9-16-3-1-5-20-19(16)4-2-10-26-20/h1-7,10,13,15,18,28H,8-9,11-12,14H2,(H,27,34)(H,30,31)(H,32,33)/t18-/m0/s1. The Kier molecular flexibility index (Phi) is 9.46. The van der Waals surface area contributed by atoms with Gasteiger partial charge >= 0.3 is 11.9 Å². The van der Waals surface area contributed by atoms with E-state index in [1.165, 1.54) is 12.1 Å². The number of amides is 1. The number of carboxylic acid groups (broad SMARTS) is 2. The molecule has 0 aliphatic heterocycles. The van der Waals surface area contributed by atoms with E-state index in [2.05, 4.69) is 10.3 Å². The topological polar surface area (TPSA) is 189 Å². The minimum Gasteiger partial charge on any atom is -0.492 e.